The van der Waals surface area contributed by atoms with Gasteiger partial charge in [-0.15, -0.1) is 0 Å². The average Bonchev–Trinajstić information content (AvgIpc) is 2.07. The molecule has 1 rings (SSSR count). The fraction of sp³-hybridized carbons (Fsp3) is 1.00. The first-order chi connectivity index (χ1) is 5.38. The average molecular weight is 210 g/mol. The molecule has 0 radical (unpaired) electrons. The van der Waals surface area contributed by atoms with Crippen molar-refractivity contribution >= 4 is 0 Å². The van der Waals surface area contributed by atoms with Crippen LogP contribution in [0.5, 0.6) is 0 Å². The summed E-state index contributed by atoms with van der Waals surface area (Å²) in [4.78, 5) is 0. The van der Waals surface area contributed by atoms with E-state index in [1.165, 1.54) is 0 Å². The van der Waals surface area contributed by atoms with Crippen molar-refractivity contribution in [3.63, 3.8) is 0 Å². The summed E-state index contributed by atoms with van der Waals surface area (Å²) in [7, 11) is 6.41. The molecule has 1 heterocycles. The number of quaternary nitrogens is 1. The molecule has 1 aliphatic heterocycles. The Hall–Kier alpha value is 0.170. The summed E-state index contributed by atoms with van der Waals surface area (Å²) < 4.78 is 6.48. The molecule has 0 aromatic heterocycles. The fourth-order valence-electron chi connectivity index (χ4n) is 1.64. The minimum absolute atomic E-state index is 0. The third-order valence-corrected chi connectivity index (χ3v) is 2.20. The van der Waals surface area contributed by atoms with Crippen LogP contribution in [-0.4, -0.2) is 55.6 Å². The molecular weight excluding hydrogens is 190 g/mol. The van der Waals surface area contributed by atoms with Gasteiger partial charge in [-0.05, 0) is 6.92 Å². The Morgan fingerprint density at radius 1 is 1.38 bits per heavy atom. The van der Waals surface area contributed by atoms with Gasteiger partial charge in [-0.2, -0.15) is 0 Å². The van der Waals surface area contributed by atoms with Crippen LogP contribution in [0, 0.1) is 0 Å². The van der Waals surface area contributed by atoms with Crippen LogP contribution in [0.2, 0.25) is 0 Å². The lowest BCUT2D eigenvalue weighted by Crippen LogP contribution is -3.00. The molecule has 1 aliphatic rings. The minimum Gasteiger partial charge on any atom is -1.00 e. The van der Waals surface area contributed by atoms with Gasteiger partial charge in [-0.3, -0.25) is 0 Å². The van der Waals surface area contributed by atoms with E-state index >= 15 is 0 Å². The van der Waals surface area contributed by atoms with Crippen molar-refractivity contribution in [2.45, 2.75) is 31.7 Å². The lowest BCUT2D eigenvalue weighted by molar-refractivity contribution is -0.873. The molecule has 1 saturated heterocycles. The van der Waals surface area contributed by atoms with Crippen molar-refractivity contribution in [2.24, 2.45) is 0 Å². The monoisotopic (exact) mass is 209 g/mol. The SMILES string of the molecule is C[C@H]1O[C@@H](C[N+](C)(C)C)C[C@@H]1O.[Cl-]. The maximum atomic E-state index is 9.43. The number of ether oxygens (including phenoxy) is 1. The molecule has 1 fully saturated rings. The zero-order valence-corrected chi connectivity index (χ0v) is 9.58. The summed E-state index contributed by atoms with van der Waals surface area (Å²) in [5.74, 6) is 0. The van der Waals surface area contributed by atoms with E-state index in [-0.39, 0.29) is 30.7 Å². The standard InChI is InChI=1S/C9H20NO2.ClH/c1-7-9(11)5-8(12-7)6-10(2,3)4;/h7-9,11H,5-6H2,1-4H3;1H/q+1;/p-1/t7-,8-,9+;/m1./s1. The molecule has 13 heavy (non-hydrogen) atoms. The summed E-state index contributed by atoms with van der Waals surface area (Å²) in [6.07, 6.45) is 0.773. The number of nitrogens with zero attached hydrogens (tertiary/aromatic N) is 1. The van der Waals surface area contributed by atoms with Crippen molar-refractivity contribution in [3.05, 3.63) is 0 Å². The lowest BCUT2D eigenvalue weighted by atomic mass is 10.1. The number of hydrogen-bond acceptors (Lipinski definition) is 2. The first-order valence-electron chi connectivity index (χ1n) is 4.52. The van der Waals surface area contributed by atoms with Crippen LogP contribution in [0.15, 0.2) is 0 Å². The summed E-state index contributed by atoms with van der Waals surface area (Å²) in [6.45, 7) is 2.90. The van der Waals surface area contributed by atoms with E-state index in [9.17, 15) is 5.11 Å². The Morgan fingerprint density at radius 2 is 1.92 bits per heavy atom. The van der Waals surface area contributed by atoms with E-state index in [0.29, 0.717) is 0 Å². The predicted octanol–water partition coefficient (Wildman–Crippen LogP) is -2.77. The van der Waals surface area contributed by atoms with E-state index in [4.69, 9.17) is 4.74 Å². The van der Waals surface area contributed by atoms with Crippen LogP contribution in [0.3, 0.4) is 0 Å². The van der Waals surface area contributed by atoms with Gasteiger partial charge in [0.2, 0.25) is 0 Å². The number of aliphatic hydroxyl groups is 1. The van der Waals surface area contributed by atoms with Crippen molar-refractivity contribution in [3.8, 4) is 0 Å². The number of hydrogen-bond donors (Lipinski definition) is 1. The van der Waals surface area contributed by atoms with Gasteiger partial charge in [-0.25, -0.2) is 0 Å². The molecule has 0 aromatic rings. The van der Waals surface area contributed by atoms with Crippen LogP contribution < -0.4 is 12.4 Å². The van der Waals surface area contributed by atoms with Crippen LogP contribution in [-0.2, 0) is 4.74 Å². The molecule has 0 aliphatic carbocycles. The van der Waals surface area contributed by atoms with E-state index < -0.39 is 0 Å². The summed E-state index contributed by atoms with van der Waals surface area (Å²) in [5.41, 5.74) is 0. The molecule has 0 spiro atoms. The second kappa shape index (κ2) is 4.60. The molecule has 0 saturated carbocycles. The van der Waals surface area contributed by atoms with Gasteiger partial charge in [0, 0.05) is 6.42 Å². The number of likely N-dealkylation sites (N-methyl/N-ethyl adjacent to an activating group) is 1. The summed E-state index contributed by atoms with van der Waals surface area (Å²) >= 11 is 0. The number of rotatable bonds is 2. The topological polar surface area (TPSA) is 29.5 Å². The maximum absolute atomic E-state index is 9.43. The van der Waals surface area contributed by atoms with Crippen LogP contribution in [0.4, 0.5) is 0 Å². The highest BCUT2D eigenvalue weighted by Crippen LogP contribution is 2.21. The van der Waals surface area contributed by atoms with Gasteiger partial charge in [0.05, 0.1) is 33.4 Å². The van der Waals surface area contributed by atoms with Crippen LogP contribution in [0.25, 0.3) is 0 Å². The Kier molecular flexibility index (Phi) is 4.66. The van der Waals surface area contributed by atoms with Gasteiger partial charge in [-0.1, -0.05) is 0 Å². The highest BCUT2D eigenvalue weighted by molar-refractivity contribution is 4.78. The molecule has 1 N–H and O–H groups in total. The third-order valence-electron chi connectivity index (χ3n) is 2.20. The Bertz CT molecular complexity index is 148. The molecule has 3 atom stereocenters. The Labute approximate surface area is 86.7 Å². The Balaban J connectivity index is 0.00000144. The van der Waals surface area contributed by atoms with Gasteiger partial charge in [0.1, 0.15) is 12.6 Å². The first-order valence-corrected chi connectivity index (χ1v) is 4.52. The fourth-order valence-corrected chi connectivity index (χ4v) is 1.64. The molecule has 4 heteroatoms. The largest absolute Gasteiger partial charge is 1.00 e. The highest BCUT2D eigenvalue weighted by Gasteiger charge is 2.33. The van der Waals surface area contributed by atoms with Crippen molar-refractivity contribution in [2.75, 3.05) is 27.7 Å². The van der Waals surface area contributed by atoms with E-state index in [2.05, 4.69) is 21.1 Å². The van der Waals surface area contributed by atoms with E-state index in [1.807, 2.05) is 6.92 Å². The smallest absolute Gasteiger partial charge is 0.109 e. The first kappa shape index (κ1) is 13.2. The molecule has 0 bridgehead atoms. The molecule has 0 unspecified atom stereocenters. The zero-order chi connectivity index (χ0) is 9.35. The van der Waals surface area contributed by atoms with Crippen molar-refractivity contribution in [1.82, 2.24) is 0 Å². The second-order valence-electron chi connectivity index (χ2n) is 4.74. The maximum Gasteiger partial charge on any atom is 0.109 e. The predicted molar refractivity (Wildman–Crippen MR) is 47.9 cm³/mol. The third kappa shape index (κ3) is 4.27. The number of halogens is 1. The molecule has 3 nitrogen and oxygen atoms in total. The quantitative estimate of drug-likeness (QED) is 0.500. The highest BCUT2D eigenvalue weighted by atomic mass is 35.5. The summed E-state index contributed by atoms with van der Waals surface area (Å²) in [6, 6.07) is 0. The van der Waals surface area contributed by atoms with Gasteiger partial charge in [0.25, 0.3) is 0 Å². The van der Waals surface area contributed by atoms with E-state index in [1.54, 1.807) is 0 Å². The minimum atomic E-state index is -0.262. The van der Waals surface area contributed by atoms with Crippen LogP contribution >= 0.6 is 0 Å². The van der Waals surface area contributed by atoms with Gasteiger partial charge >= 0.3 is 0 Å². The zero-order valence-electron chi connectivity index (χ0n) is 8.83. The molecule has 0 aromatic carbocycles. The van der Waals surface area contributed by atoms with E-state index in [0.717, 1.165) is 17.4 Å². The lowest BCUT2D eigenvalue weighted by Gasteiger charge is -2.26. The van der Waals surface area contributed by atoms with Crippen molar-refractivity contribution < 1.29 is 26.7 Å². The van der Waals surface area contributed by atoms with Crippen LogP contribution in [0.1, 0.15) is 13.3 Å². The Morgan fingerprint density at radius 3 is 2.23 bits per heavy atom. The van der Waals surface area contributed by atoms with Gasteiger partial charge < -0.3 is 26.7 Å². The second-order valence-corrected chi connectivity index (χ2v) is 4.74. The van der Waals surface area contributed by atoms with Crippen molar-refractivity contribution in [1.29, 1.82) is 0 Å². The summed E-state index contributed by atoms with van der Waals surface area (Å²) in [5, 5.41) is 9.43. The molecule has 0 amide bonds. The van der Waals surface area contributed by atoms with Gasteiger partial charge in [0.15, 0.2) is 0 Å². The molecule has 80 valence electrons. The number of aliphatic hydroxyl groups excluding tert-OH is 1. The normalized spacial score (nSPS) is 34.4. The molecular formula is C9H20ClNO2.